The van der Waals surface area contributed by atoms with Gasteiger partial charge in [0.2, 0.25) is 0 Å². The molecule has 0 saturated carbocycles. The monoisotopic (exact) mass is 387 g/mol. The fourth-order valence-electron chi connectivity index (χ4n) is 3.17. The van der Waals surface area contributed by atoms with Gasteiger partial charge in [0.25, 0.3) is 0 Å². The highest BCUT2D eigenvalue weighted by Crippen LogP contribution is 2.39. The van der Waals surface area contributed by atoms with E-state index in [1.165, 1.54) is 12.1 Å². The first-order valence-electron chi connectivity index (χ1n) is 8.52. The second kappa shape index (κ2) is 7.62. The summed E-state index contributed by atoms with van der Waals surface area (Å²) in [7, 11) is 0. The van der Waals surface area contributed by atoms with Crippen molar-refractivity contribution < 1.29 is 19.0 Å². The molecular weight excluding hydrogens is 369 g/mol. The molecule has 1 aromatic heterocycles. The van der Waals surface area contributed by atoms with Gasteiger partial charge in [-0.2, -0.15) is 0 Å². The number of pyridine rings is 1. The van der Waals surface area contributed by atoms with Gasteiger partial charge < -0.3 is 9.84 Å². The number of carboxylic acid groups (broad SMARTS) is 1. The molecule has 0 spiro atoms. The van der Waals surface area contributed by atoms with Crippen LogP contribution in [-0.2, 0) is 9.53 Å². The molecule has 6 heteroatoms. The van der Waals surface area contributed by atoms with Crippen molar-refractivity contribution in [3.05, 3.63) is 64.6 Å². The lowest BCUT2D eigenvalue weighted by Gasteiger charge is -2.23. The van der Waals surface area contributed by atoms with Crippen molar-refractivity contribution in [1.29, 1.82) is 0 Å². The summed E-state index contributed by atoms with van der Waals surface area (Å²) in [5, 5.41) is 10.9. The third-order valence-corrected chi connectivity index (χ3v) is 4.42. The largest absolute Gasteiger partial charge is 0.479 e. The van der Waals surface area contributed by atoms with Crippen LogP contribution in [0.4, 0.5) is 4.39 Å². The minimum atomic E-state index is -1.24. The van der Waals surface area contributed by atoms with E-state index in [1.54, 1.807) is 51.1 Å². The van der Waals surface area contributed by atoms with Crippen molar-refractivity contribution in [3.63, 3.8) is 0 Å². The Labute approximate surface area is 161 Å². The number of aliphatic carboxylic acids is 1. The van der Waals surface area contributed by atoms with E-state index in [4.69, 9.17) is 16.3 Å². The molecule has 0 bridgehead atoms. The van der Waals surface area contributed by atoms with E-state index >= 15 is 0 Å². The van der Waals surface area contributed by atoms with Gasteiger partial charge in [0, 0.05) is 21.7 Å². The molecule has 0 aliphatic carbocycles. The first-order valence-corrected chi connectivity index (χ1v) is 8.89. The molecule has 1 N–H and O–H groups in total. The van der Waals surface area contributed by atoms with Crippen molar-refractivity contribution in [3.8, 4) is 11.1 Å². The van der Waals surface area contributed by atoms with Crippen LogP contribution in [0.1, 0.15) is 31.2 Å². The Bertz CT molecular complexity index is 1020. The van der Waals surface area contributed by atoms with Crippen molar-refractivity contribution in [2.24, 2.45) is 0 Å². The van der Waals surface area contributed by atoms with Gasteiger partial charge in [-0.15, -0.1) is 0 Å². The highest BCUT2D eigenvalue weighted by molar-refractivity contribution is 6.31. The van der Waals surface area contributed by atoms with Crippen LogP contribution in [0, 0.1) is 12.7 Å². The predicted octanol–water partition coefficient (Wildman–Crippen LogP) is 5.55. The molecule has 0 fully saturated rings. The Balaban J connectivity index is 2.43. The maximum Gasteiger partial charge on any atom is 0.337 e. The van der Waals surface area contributed by atoms with Crippen LogP contribution in [-0.4, -0.2) is 22.2 Å². The molecule has 0 saturated heterocycles. The molecule has 1 heterocycles. The van der Waals surface area contributed by atoms with E-state index in [2.05, 4.69) is 4.98 Å². The van der Waals surface area contributed by atoms with Crippen LogP contribution in [0.15, 0.2) is 42.5 Å². The number of aryl methyl sites for hydroxylation is 1. The smallest absolute Gasteiger partial charge is 0.337 e. The first-order chi connectivity index (χ1) is 12.8. The van der Waals surface area contributed by atoms with Crippen molar-refractivity contribution >= 4 is 28.5 Å². The van der Waals surface area contributed by atoms with Crippen molar-refractivity contribution in [2.45, 2.75) is 33.0 Å². The van der Waals surface area contributed by atoms with Gasteiger partial charge in [0.05, 0.1) is 11.6 Å². The third kappa shape index (κ3) is 3.94. The molecule has 27 heavy (non-hydrogen) atoms. The van der Waals surface area contributed by atoms with Crippen LogP contribution in [0.25, 0.3) is 22.0 Å². The molecular formula is C21H19ClFNO3. The number of fused-ring (bicyclic) bond motifs is 1. The number of halogens is 2. The van der Waals surface area contributed by atoms with Gasteiger partial charge in [-0.3, -0.25) is 4.98 Å². The predicted molar refractivity (Wildman–Crippen MR) is 103 cm³/mol. The molecule has 3 rings (SSSR count). The summed E-state index contributed by atoms with van der Waals surface area (Å²) in [6.45, 7) is 5.25. The number of hydrogen-bond donors (Lipinski definition) is 1. The fraction of sp³-hybridized carbons (Fsp3) is 0.238. The molecule has 3 aromatic rings. The Morgan fingerprint density at radius 1 is 1.22 bits per heavy atom. The molecule has 4 nitrogen and oxygen atoms in total. The van der Waals surface area contributed by atoms with Crippen LogP contribution in [0.3, 0.4) is 0 Å². The van der Waals surface area contributed by atoms with E-state index in [0.29, 0.717) is 38.3 Å². The van der Waals surface area contributed by atoms with E-state index in [9.17, 15) is 14.3 Å². The Morgan fingerprint density at radius 3 is 2.59 bits per heavy atom. The summed E-state index contributed by atoms with van der Waals surface area (Å²) in [5.41, 5.74) is 2.66. The normalized spacial score (nSPS) is 12.5. The number of nitrogens with zero attached hydrogens (tertiary/aromatic N) is 1. The average molecular weight is 388 g/mol. The summed E-state index contributed by atoms with van der Waals surface area (Å²) in [6, 6.07) is 11.2. The second-order valence-electron chi connectivity index (χ2n) is 6.56. The Kier molecular flexibility index (Phi) is 5.44. The zero-order valence-electron chi connectivity index (χ0n) is 15.2. The lowest BCUT2D eigenvalue weighted by atomic mass is 9.91. The zero-order chi connectivity index (χ0) is 19.7. The number of rotatable bonds is 5. The summed E-state index contributed by atoms with van der Waals surface area (Å²) in [6.07, 6.45) is -1.56. The van der Waals surface area contributed by atoms with Gasteiger partial charge >= 0.3 is 5.97 Å². The standard InChI is InChI=1S/C21H19ClFNO3/c1-11(2)27-20(21(25)26)18-12(3)24-17-8-7-14(22)10-16(17)19(18)13-5-4-6-15(23)9-13/h4-11,20H,1-3H3,(H,25,26). The molecule has 2 aromatic carbocycles. The summed E-state index contributed by atoms with van der Waals surface area (Å²) in [5.74, 6) is -1.55. The molecule has 0 amide bonds. The van der Waals surface area contributed by atoms with E-state index in [0.717, 1.165) is 0 Å². The minimum absolute atomic E-state index is 0.319. The number of benzene rings is 2. The maximum atomic E-state index is 13.9. The van der Waals surface area contributed by atoms with Crippen LogP contribution >= 0.6 is 11.6 Å². The average Bonchev–Trinajstić information content (AvgIpc) is 2.59. The fourth-order valence-corrected chi connectivity index (χ4v) is 3.34. The highest BCUT2D eigenvalue weighted by atomic mass is 35.5. The summed E-state index contributed by atoms with van der Waals surface area (Å²) in [4.78, 5) is 16.5. The van der Waals surface area contributed by atoms with Gasteiger partial charge in [-0.25, -0.2) is 9.18 Å². The zero-order valence-corrected chi connectivity index (χ0v) is 15.9. The van der Waals surface area contributed by atoms with E-state index < -0.39 is 17.9 Å². The molecule has 0 radical (unpaired) electrons. The number of ether oxygens (including phenoxy) is 1. The molecule has 140 valence electrons. The summed E-state index contributed by atoms with van der Waals surface area (Å²) >= 11 is 6.18. The van der Waals surface area contributed by atoms with Gasteiger partial charge in [0.15, 0.2) is 6.10 Å². The topological polar surface area (TPSA) is 59.4 Å². The molecule has 1 unspecified atom stereocenters. The lowest BCUT2D eigenvalue weighted by Crippen LogP contribution is -2.21. The Hall–Kier alpha value is -2.50. The van der Waals surface area contributed by atoms with Crippen LogP contribution in [0.2, 0.25) is 5.02 Å². The quantitative estimate of drug-likeness (QED) is 0.623. The third-order valence-electron chi connectivity index (χ3n) is 4.18. The molecule has 0 aliphatic heterocycles. The summed E-state index contributed by atoms with van der Waals surface area (Å²) < 4.78 is 19.6. The lowest BCUT2D eigenvalue weighted by molar-refractivity contribution is -0.153. The van der Waals surface area contributed by atoms with Crippen LogP contribution in [0.5, 0.6) is 0 Å². The molecule has 0 aliphatic rings. The number of carboxylic acids is 1. The number of carbonyl (C=O) groups is 1. The Morgan fingerprint density at radius 2 is 1.96 bits per heavy atom. The van der Waals surface area contributed by atoms with Gasteiger partial charge in [0.1, 0.15) is 5.82 Å². The van der Waals surface area contributed by atoms with E-state index in [1.807, 2.05) is 0 Å². The number of aromatic nitrogens is 1. The van der Waals surface area contributed by atoms with Crippen LogP contribution < -0.4 is 0 Å². The highest BCUT2D eigenvalue weighted by Gasteiger charge is 2.29. The SMILES string of the molecule is Cc1nc2ccc(Cl)cc2c(-c2cccc(F)c2)c1C(OC(C)C)C(=O)O. The maximum absolute atomic E-state index is 13.9. The second-order valence-corrected chi connectivity index (χ2v) is 7.00. The van der Waals surface area contributed by atoms with Crippen molar-refractivity contribution in [2.75, 3.05) is 0 Å². The van der Waals surface area contributed by atoms with Crippen molar-refractivity contribution in [1.82, 2.24) is 4.98 Å². The first kappa shape index (κ1) is 19.3. The van der Waals surface area contributed by atoms with Gasteiger partial charge in [-0.05, 0) is 62.2 Å². The van der Waals surface area contributed by atoms with E-state index in [-0.39, 0.29) is 6.10 Å². The molecule has 1 atom stereocenters. The minimum Gasteiger partial charge on any atom is -0.479 e. The van der Waals surface area contributed by atoms with Gasteiger partial charge in [-0.1, -0.05) is 23.7 Å². The number of hydrogen-bond acceptors (Lipinski definition) is 3.